The van der Waals surface area contributed by atoms with Gasteiger partial charge in [-0.3, -0.25) is 24.2 Å². The van der Waals surface area contributed by atoms with E-state index in [9.17, 15) is 19.2 Å². The molecule has 0 aromatic carbocycles. The second-order valence-corrected chi connectivity index (χ2v) is 13.8. The summed E-state index contributed by atoms with van der Waals surface area (Å²) in [5.74, 6) is -2.22. The minimum Gasteiger partial charge on any atom is -0.469 e. The first-order valence-electron chi connectivity index (χ1n) is 18.6. The number of H-pyrrole nitrogens is 2. The van der Waals surface area contributed by atoms with Crippen molar-refractivity contribution in [2.24, 2.45) is 0 Å². The lowest BCUT2D eigenvalue weighted by atomic mass is 9.84. The monoisotopic (exact) mass is 753 g/mol. The van der Waals surface area contributed by atoms with Gasteiger partial charge in [0.25, 0.3) is 5.91 Å². The fourth-order valence-electron chi connectivity index (χ4n) is 7.38. The van der Waals surface area contributed by atoms with Gasteiger partial charge in [0, 0.05) is 70.6 Å². The van der Waals surface area contributed by atoms with Crippen LogP contribution in [0.4, 0.5) is 0 Å². The quantitative estimate of drug-likeness (QED) is 0.0960. The van der Waals surface area contributed by atoms with E-state index in [-0.39, 0.29) is 57.0 Å². The predicted octanol–water partition coefficient (Wildman–Crippen LogP) is 6.32. The van der Waals surface area contributed by atoms with E-state index in [2.05, 4.69) is 41.8 Å². The molecule has 13 nitrogen and oxygen atoms in total. The van der Waals surface area contributed by atoms with Gasteiger partial charge in [0.15, 0.2) is 0 Å². The van der Waals surface area contributed by atoms with Crippen molar-refractivity contribution in [3.05, 3.63) is 75.4 Å². The number of hydrogen-bond donors (Lipinski definition) is 3. The van der Waals surface area contributed by atoms with Crippen molar-refractivity contribution in [3.63, 3.8) is 0 Å². The summed E-state index contributed by atoms with van der Waals surface area (Å²) >= 11 is 0. The topological polar surface area (TPSA) is 175 Å². The highest BCUT2D eigenvalue weighted by molar-refractivity contribution is 6.27. The number of carbonyl (C=O) groups excluding carboxylic acids is 4. The van der Waals surface area contributed by atoms with Crippen molar-refractivity contribution < 1.29 is 38.1 Å². The molecule has 0 radical (unpaired) electrons. The van der Waals surface area contributed by atoms with Crippen LogP contribution in [0.3, 0.4) is 0 Å². The lowest BCUT2D eigenvalue weighted by Gasteiger charge is -2.18. The highest BCUT2D eigenvalue weighted by atomic mass is 16.6. The van der Waals surface area contributed by atoms with E-state index in [4.69, 9.17) is 28.9 Å². The summed E-state index contributed by atoms with van der Waals surface area (Å²) in [5, 5.41) is 2.94. The smallest absolute Gasteiger partial charge is 0.310 e. The van der Waals surface area contributed by atoms with Gasteiger partial charge in [-0.05, 0) is 74.1 Å². The summed E-state index contributed by atoms with van der Waals surface area (Å²) in [5.41, 5.74) is 11.2. The highest BCUT2D eigenvalue weighted by Gasteiger charge is 2.35. The Morgan fingerprint density at radius 2 is 1.60 bits per heavy atom. The van der Waals surface area contributed by atoms with E-state index >= 15 is 0 Å². The molecule has 1 amide bonds. The Labute approximate surface area is 320 Å². The van der Waals surface area contributed by atoms with Gasteiger partial charge >= 0.3 is 17.9 Å². The van der Waals surface area contributed by atoms with E-state index in [1.54, 1.807) is 0 Å². The lowest BCUT2D eigenvalue weighted by Crippen LogP contribution is -2.29. The third kappa shape index (κ3) is 8.72. The maximum Gasteiger partial charge on any atom is 0.310 e. The SMILES string of the molecule is C=Cc1c(C)c2cc3nc(c(CC(=O)OC)c4nc(cc5[nH]c(cc1[nH]2)c(C)c5CC)C(C)=C4C(=O)NCCOCCOC(C)=O)C(CCC(=O)OC)C3C. The molecule has 5 heterocycles. The van der Waals surface area contributed by atoms with E-state index in [0.29, 0.717) is 40.2 Å². The van der Waals surface area contributed by atoms with Crippen LogP contribution in [0, 0.1) is 13.8 Å². The molecule has 0 saturated carbocycles. The number of rotatable bonds is 14. The molecular weight excluding hydrogens is 702 g/mol. The van der Waals surface area contributed by atoms with Crippen LogP contribution in [0.1, 0.15) is 103 Å². The summed E-state index contributed by atoms with van der Waals surface area (Å²) in [6.45, 7) is 16.1. The third-order valence-corrected chi connectivity index (χ3v) is 10.5. The molecule has 0 fully saturated rings. The molecule has 3 aromatic rings. The molecule has 5 rings (SSSR count). The number of nitrogens with one attached hydrogen (secondary N) is 3. The molecule has 0 saturated heterocycles. The fraction of sp³-hybridized carbons (Fsp3) is 0.429. The molecule has 55 heavy (non-hydrogen) atoms. The molecule has 2 unspecified atom stereocenters. The van der Waals surface area contributed by atoms with Gasteiger partial charge in [-0.25, -0.2) is 4.98 Å². The number of aromatic nitrogens is 4. The molecule has 0 spiro atoms. The molecule has 3 N–H and O–H groups in total. The normalized spacial score (nSPS) is 15.1. The Morgan fingerprint density at radius 3 is 2.27 bits per heavy atom. The Balaban J connectivity index is 1.83. The minimum atomic E-state index is -0.531. The highest BCUT2D eigenvalue weighted by Crippen LogP contribution is 2.44. The number of hydrogen-bond acceptors (Lipinski definition) is 10. The number of methoxy groups -OCH3 is 2. The van der Waals surface area contributed by atoms with Crippen molar-refractivity contribution in [2.45, 2.75) is 79.1 Å². The first-order chi connectivity index (χ1) is 26.3. The van der Waals surface area contributed by atoms with Crippen LogP contribution < -0.4 is 5.32 Å². The predicted molar refractivity (Wildman–Crippen MR) is 211 cm³/mol. The number of aryl methyl sites for hydroxylation is 3. The standard InChI is InChI=1S/C42H51N5O8/c1-10-27-22(3)31-19-33-24(5)29(12-13-37(49)52-8)40(46-33)30(18-38(50)53-9)41-39(42(51)43-14-15-54-16-17-55-26(7)48)25(6)34(47-41)21-36-28(11-2)23(4)32(45-36)20-35(27)44-31/h10,19-21,24,29,44-45H,1,11-18H2,2-9H3,(H,43,51). The summed E-state index contributed by atoms with van der Waals surface area (Å²) in [6, 6.07) is 6.03. The molecule has 0 aliphatic carbocycles. The number of amides is 1. The number of esters is 3. The second kappa shape index (κ2) is 17.7. The van der Waals surface area contributed by atoms with E-state index < -0.39 is 17.8 Å². The first kappa shape index (κ1) is 40.6. The van der Waals surface area contributed by atoms with Crippen LogP contribution in [0.25, 0.3) is 39.3 Å². The molecular formula is C42H51N5O8. The van der Waals surface area contributed by atoms with Gasteiger partial charge in [-0.2, -0.15) is 0 Å². The van der Waals surface area contributed by atoms with Gasteiger partial charge in [0.05, 0.1) is 56.5 Å². The van der Waals surface area contributed by atoms with E-state index in [1.807, 2.05) is 39.0 Å². The number of aromatic amines is 2. The Hall–Kier alpha value is -5.56. The molecule has 292 valence electrons. The maximum absolute atomic E-state index is 14.2. The largest absolute Gasteiger partial charge is 0.469 e. The van der Waals surface area contributed by atoms with Crippen LogP contribution >= 0.6 is 0 Å². The number of nitrogens with zero attached hydrogens (tertiary/aromatic N) is 2. The third-order valence-electron chi connectivity index (χ3n) is 10.5. The van der Waals surface area contributed by atoms with E-state index in [1.165, 1.54) is 21.1 Å². The fourth-order valence-corrected chi connectivity index (χ4v) is 7.38. The van der Waals surface area contributed by atoms with Crippen LogP contribution in [0.15, 0.2) is 24.8 Å². The van der Waals surface area contributed by atoms with Crippen LogP contribution in [0.5, 0.6) is 0 Å². The molecule has 3 aromatic heterocycles. The molecule has 13 heteroatoms. The minimum absolute atomic E-state index is 0.107. The lowest BCUT2D eigenvalue weighted by molar-refractivity contribution is -0.142. The number of ether oxygens (including phenoxy) is 4. The summed E-state index contributed by atoms with van der Waals surface area (Å²) in [4.78, 5) is 68.6. The van der Waals surface area contributed by atoms with Gasteiger partial charge in [0.2, 0.25) is 0 Å². The Morgan fingerprint density at radius 1 is 0.891 bits per heavy atom. The van der Waals surface area contributed by atoms with Crippen LogP contribution in [-0.4, -0.2) is 84.3 Å². The van der Waals surface area contributed by atoms with Gasteiger partial charge in [-0.15, -0.1) is 0 Å². The summed E-state index contributed by atoms with van der Waals surface area (Å²) < 4.78 is 20.7. The maximum atomic E-state index is 14.2. The van der Waals surface area contributed by atoms with Crippen molar-refractivity contribution in [3.8, 4) is 0 Å². The number of allylic oxidation sites excluding steroid dienone is 1. The first-order valence-corrected chi connectivity index (χ1v) is 18.6. The zero-order valence-electron chi connectivity index (χ0n) is 33.0. The average molecular weight is 754 g/mol. The average Bonchev–Trinajstić information content (AvgIpc) is 3.84. The van der Waals surface area contributed by atoms with Crippen molar-refractivity contribution in [2.75, 3.05) is 40.6 Å². The molecule has 2 atom stereocenters. The van der Waals surface area contributed by atoms with Crippen molar-refractivity contribution >= 4 is 63.1 Å². The van der Waals surface area contributed by atoms with E-state index in [0.717, 1.165) is 56.4 Å². The van der Waals surface area contributed by atoms with Crippen molar-refractivity contribution in [1.29, 1.82) is 0 Å². The van der Waals surface area contributed by atoms with Crippen LogP contribution in [0.2, 0.25) is 0 Å². The van der Waals surface area contributed by atoms with Crippen LogP contribution in [-0.2, 0) is 51.0 Å². The second-order valence-electron chi connectivity index (χ2n) is 13.8. The summed E-state index contributed by atoms with van der Waals surface area (Å²) in [7, 11) is 2.66. The summed E-state index contributed by atoms with van der Waals surface area (Å²) in [6.07, 6.45) is 2.87. The van der Waals surface area contributed by atoms with Gasteiger partial charge in [0.1, 0.15) is 6.61 Å². The Kier molecular flexibility index (Phi) is 13.1. The molecule has 8 bridgehead atoms. The Bertz CT molecular complexity index is 2210. The number of carbonyl (C=O) groups is 4. The van der Waals surface area contributed by atoms with Gasteiger partial charge < -0.3 is 34.2 Å². The van der Waals surface area contributed by atoms with Crippen molar-refractivity contribution in [1.82, 2.24) is 25.3 Å². The van der Waals surface area contributed by atoms with Gasteiger partial charge in [-0.1, -0.05) is 26.5 Å². The molecule has 2 aliphatic rings. The zero-order chi connectivity index (χ0) is 40.0. The number of fused-ring (bicyclic) bond motifs is 8. The zero-order valence-corrected chi connectivity index (χ0v) is 33.0. The molecule has 2 aliphatic heterocycles.